The number of hydrogen-bond donors (Lipinski definition) is 1. The van der Waals surface area contributed by atoms with Crippen LogP contribution in [0.25, 0.3) is 0 Å². The summed E-state index contributed by atoms with van der Waals surface area (Å²) in [6.45, 7) is 9.81. The van der Waals surface area contributed by atoms with Crippen LogP contribution in [0, 0.1) is 0 Å². The molecule has 13 heavy (non-hydrogen) atoms. The monoisotopic (exact) mass is 180 g/mol. The fourth-order valence-corrected chi connectivity index (χ4v) is 0.880. The van der Waals surface area contributed by atoms with Gasteiger partial charge in [0.2, 0.25) is 0 Å². The van der Waals surface area contributed by atoms with Gasteiger partial charge in [-0.3, -0.25) is 4.99 Å². The van der Waals surface area contributed by atoms with Crippen molar-refractivity contribution in [2.45, 2.75) is 33.2 Å². The lowest BCUT2D eigenvalue weighted by molar-refractivity contribution is 0.780. The summed E-state index contributed by atoms with van der Waals surface area (Å²) in [4.78, 5) is 3.95. The molecule has 0 aliphatic carbocycles. The topological polar surface area (TPSA) is 24.4 Å². The molecule has 0 saturated carbocycles. The SMILES string of the molecule is C=NC(C)/C(=C\C=C(/C)CC)NC. The summed E-state index contributed by atoms with van der Waals surface area (Å²) in [6, 6.07) is 0.144. The average molecular weight is 180 g/mol. The van der Waals surface area contributed by atoms with Gasteiger partial charge < -0.3 is 5.32 Å². The number of likely N-dealkylation sites (N-methyl/N-ethyl adjacent to an activating group) is 1. The molecule has 1 atom stereocenters. The van der Waals surface area contributed by atoms with Crippen molar-refractivity contribution < 1.29 is 0 Å². The van der Waals surface area contributed by atoms with Gasteiger partial charge in [0, 0.05) is 12.7 Å². The Morgan fingerprint density at radius 2 is 2.15 bits per heavy atom. The van der Waals surface area contributed by atoms with E-state index in [0.29, 0.717) is 0 Å². The molecule has 2 heteroatoms. The van der Waals surface area contributed by atoms with Gasteiger partial charge in [0.15, 0.2) is 0 Å². The van der Waals surface area contributed by atoms with Crippen LogP contribution >= 0.6 is 0 Å². The molecule has 0 saturated heterocycles. The highest BCUT2D eigenvalue weighted by Gasteiger charge is 2.00. The average Bonchev–Trinajstić information content (AvgIpc) is 2.17. The molecule has 0 amide bonds. The van der Waals surface area contributed by atoms with E-state index in [1.54, 1.807) is 0 Å². The van der Waals surface area contributed by atoms with Crippen LogP contribution in [0.1, 0.15) is 27.2 Å². The molecule has 0 aromatic rings. The quantitative estimate of drug-likeness (QED) is 0.510. The van der Waals surface area contributed by atoms with Gasteiger partial charge in [-0.2, -0.15) is 0 Å². The minimum absolute atomic E-state index is 0.144. The van der Waals surface area contributed by atoms with Crippen molar-refractivity contribution in [3.63, 3.8) is 0 Å². The van der Waals surface area contributed by atoms with Crippen LogP contribution in [0.2, 0.25) is 0 Å². The molecule has 0 radical (unpaired) electrons. The van der Waals surface area contributed by atoms with Gasteiger partial charge in [0.25, 0.3) is 0 Å². The molecule has 0 rings (SSSR count). The number of nitrogens with zero attached hydrogens (tertiary/aromatic N) is 1. The largest absolute Gasteiger partial charge is 0.390 e. The zero-order chi connectivity index (χ0) is 10.3. The second kappa shape index (κ2) is 6.46. The zero-order valence-electron chi connectivity index (χ0n) is 9.09. The predicted octanol–water partition coefficient (Wildman–Crippen LogP) is 2.54. The summed E-state index contributed by atoms with van der Waals surface area (Å²) in [5, 5.41) is 3.11. The van der Waals surface area contributed by atoms with Crippen molar-refractivity contribution >= 4 is 6.72 Å². The Morgan fingerprint density at radius 3 is 2.54 bits per heavy atom. The molecule has 1 unspecified atom stereocenters. The van der Waals surface area contributed by atoms with Crippen LogP contribution in [0.5, 0.6) is 0 Å². The lowest BCUT2D eigenvalue weighted by Crippen LogP contribution is -2.16. The van der Waals surface area contributed by atoms with E-state index >= 15 is 0 Å². The first-order chi connectivity index (χ1) is 6.15. The van der Waals surface area contributed by atoms with Crippen LogP contribution in [0.15, 0.2) is 28.4 Å². The Kier molecular flexibility index (Phi) is 5.94. The number of allylic oxidation sites excluding steroid dienone is 3. The van der Waals surface area contributed by atoms with Gasteiger partial charge in [-0.1, -0.05) is 18.6 Å². The molecule has 0 bridgehead atoms. The molecule has 0 aliphatic rings. The second-order valence-corrected chi connectivity index (χ2v) is 3.10. The maximum absolute atomic E-state index is 3.95. The Bertz CT molecular complexity index is 214. The Labute approximate surface area is 81.5 Å². The van der Waals surface area contributed by atoms with E-state index in [1.165, 1.54) is 5.57 Å². The Balaban J connectivity index is 4.47. The molecular formula is C11H20N2. The maximum atomic E-state index is 3.95. The Morgan fingerprint density at radius 1 is 1.54 bits per heavy atom. The van der Waals surface area contributed by atoms with Crippen LogP contribution in [0.4, 0.5) is 0 Å². The summed E-state index contributed by atoms with van der Waals surface area (Å²) in [6.07, 6.45) is 5.27. The third-order valence-electron chi connectivity index (χ3n) is 2.12. The van der Waals surface area contributed by atoms with Crippen molar-refractivity contribution in [1.82, 2.24) is 5.32 Å². The number of hydrogen-bond acceptors (Lipinski definition) is 2. The molecule has 0 spiro atoms. The van der Waals surface area contributed by atoms with Gasteiger partial charge >= 0.3 is 0 Å². The highest BCUT2D eigenvalue weighted by atomic mass is 14.9. The molecule has 1 N–H and O–H groups in total. The summed E-state index contributed by atoms with van der Waals surface area (Å²) in [5.74, 6) is 0. The van der Waals surface area contributed by atoms with Crippen molar-refractivity contribution in [2.75, 3.05) is 7.05 Å². The van der Waals surface area contributed by atoms with E-state index in [0.717, 1.165) is 12.1 Å². The standard InChI is InChI=1S/C11H20N2/c1-6-9(2)7-8-11(13-5)10(3)12-4/h7-8,10,13H,4,6H2,1-3,5H3/b9-7+,11-8+. The molecule has 0 aromatic heterocycles. The van der Waals surface area contributed by atoms with E-state index in [4.69, 9.17) is 0 Å². The van der Waals surface area contributed by atoms with E-state index in [1.807, 2.05) is 14.0 Å². The summed E-state index contributed by atoms with van der Waals surface area (Å²) < 4.78 is 0. The van der Waals surface area contributed by atoms with Crippen molar-refractivity contribution in [1.29, 1.82) is 0 Å². The lowest BCUT2D eigenvalue weighted by Gasteiger charge is -2.09. The van der Waals surface area contributed by atoms with E-state index < -0.39 is 0 Å². The van der Waals surface area contributed by atoms with Crippen molar-refractivity contribution in [3.8, 4) is 0 Å². The first kappa shape index (κ1) is 11.9. The van der Waals surface area contributed by atoms with E-state index in [9.17, 15) is 0 Å². The van der Waals surface area contributed by atoms with E-state index in [2.05, 4.69) is 43.0 Å². The summed E-state index contributed by atoms with van der Waals surface area (Å²) >= 11 is 0. The number of nitrogens with one attached hydrogen (secondary N) is 1. The third kappa shape index (κ3) is 4.51. The highest BCUT2D eigenvalue weighted by Crippen LogP contribution is 2.04. The van der Waals surface area contributed by atoms with Crippen LogP contribution in [-0.2, 0) is 0 Å². The second-order valence-electron chi connectivity index (χ2n) is 3.10. The molecule has 0 heterocycles. The van der Waals surface area contributed by atoms with Gasteiger partial charge in [-0.05, 0) is 33.1 Å². The van der Waals surface area contributed by atoms with Gasteiger partial charge in [-0.15, -0.1) is 0 Å². The Hall–Kier alpha value is -1.05. The molecule has 0 aliphatic heterocycles. The minimum Gasteiger partial charge on any atom is -0.390 e. The van der Waals surface area contributed by atoms with Crippen molar-refractivity contribution in [3.05, 3.63) is 23.4 Å². The van der Waals surface area contributed by atoms with Crippen LogP contribution < -0.4 is 5.32 Å². The smallest absolute Gasteiger partial charge is 0.0858 e. The molecule has 0 fully saturated rings. The maximum Gasteiger partial charge on any atom is 0.0858 e. The number of rotatable bonds is 5. The van der Waals surface area contributed by atoms with E-state index in [-0.39, 0.29) is 6.04 Å². The molecular weight excluding hydrogens is 160 g/mol. The minimum atomic E-state index is 0.144. The van der Waals surface area contributed by atoms with Gasteiger partial charge in [0.05, 0.1) is 6.04 Å². The molecule has 0 aromatic carbocycles. The predicted molar refractivity (Wildman–Crippen MR) is 60.2 cm³/mol. The number of aliphatic imine (C=N–C) groups is 1. The zero-order valence-corrected chi connectivity index (χ0v) is 9.09. The molecule has 74 valence electrons. The van der Waals surface area contributed by atoms with Gasteiger partial charge in [0.1, 0.15) is 0 Å². The van der Waals surface area contributed by atoms with Crippen LogP contribution in [-0.4, -0.2) is 19.8 Å². The fourth-order valence-electron chi connectivity index (χ4n) is 0.880. The molecule has 2 nitrogen and oxygen atoms in total. The van der Waals surface area contributed by atoms with Gasteiger partial charge in [-0.25, -0.2) is 0 Å². The fraction of sp³-hybridized carbons (Fsp3) is 0.545. The lowest BCUT2D eigenvalue weighted by atomic mass is 10.2. The summed E-state index contributed by atoms with van der Waals surface area (Å²) in [5.41, 5.74) is 2.46. The van der Waals surface area contributed by atoms with Crippen molar-refractivity contribution in [2.24, 2.45) is 4.99 Å². The first-order valence-corrected chi connectivity index (χ1v) is 4.66. The third-order valence-corrected chi connectivity index (χ3v) is 2.12. The highest BCUT2D eigenvalue weighted by molar-refractivity contribution is 5.28. The summed E-state index contributed by atoms with van der Waals surface area (Å²) in [7, 11) is 1.91. The first-order valence-electron chi connectivity index (χ1n) is 4.66. The normalized spacial score (nSPS) is 15.4. The van der Waals surface area contributed by atoms with Crippen LogP contribution in [0.3, 0.4) is 0 Å².